The molecule has 1 heterocycles. The number of hydrogen-bond donors (Lipinski definition) is 3. The Labute approximate surface area is 230 Å². The summed E-state index contributed by atoms with van der Waals surface area (Å²) in [7, 11) is -3.33. The molecule has 0 spiro atoms. The molecule has 11 heteroatoms. The summed E-state index contributed by atoms with van der Waals surface area (Å²) in [6, 6.07) is 14.3. The fraction of sp³-hybridized carbons (Fsp3) is 0.481. The van der Waals surface area contributed by atoms with Crippen LogP contribution in [0.2, 0.25) is 0 Å². The van der Waals surface area contributed by atoms with E-state index in [0.29, 0.717) is 49.7 Å². The summed E-state index contributed by atoms with van der Waals surface area (Å²) in [6.45, 7) is 1.85. The van der Waals surface area contributed by atoms with Gasteiger partial charge in [-0.25, -0.2) is 13.2 Å². The second-order valence-electron chi connectivity index (χ2n) is 10.1. The maximum atomic E-state index is 12.8. The summed E-state index contributed by atoms with van der Waals surface area (Å²) in [6.07, 6.45) is 6.77. The van der Waals surface area contributed by atoms with Crippen LogP contribution >= 0.6 is 12.4 Å². The van der Waals surface area contributed by atoms with Crippen molar-refractivity contribution in [1.82, 2.24) is 10.2 Å². The number of halogens is 1. The molecule has 4 rings (SSSR count). The number of carbonyl (C=O) groups is 2. The quantitative estimate of drug-likeness (QED) is 0.412. The number of nitrogens with zero attached hydrogens (tertiary/aromatic N) is 1. The van der Waals surface area contributed by atoms with Crippen molar-refractivity contribution in [2.75, 3.05) is 24.1 Å². The van der Waals surface area contributed by atoms with Gasteiger partial charge in [0.15, 0.2) is 0 Å². The van der Waals surface area contributed by atoms with Crippen LogP contribution in [-0.4, -0.2) is 55.2 Å². The second kappa shape index (κ2) is 12.8. The number of carboxylic acids is 1. The second-order valence-corrected chi connectivity index (χ2v) is 11.9. The molecule has 0 aromatic heterocycles. The first-order chi connectivity index (χ1) is 17.6. The Morgan fingerprint density at radius 2 is 1.53 bits per heavy atom. The molecule has 2 aromatic carbocycles. The van der Waals surface area contributed by atoms with Gasteiger partial charge in [-0.1, -0.05) is 31.4 Å². The summed E-state index contributed by atoms with van der Waals surface area (Å²) in [5, 5.41) is 12.9. The highest BCUT2D eigenvalue weighted by molar-refractivity contribution is 7.92. The summed E-state index contributed by atoms with van der Waals surface area (Å²) in [5.41, 5.74) is 0.357. The van der Waals surface area contributed by atoms with E-state index < -0.39 is 21.5 Å². The lowest BCUT2D eigenvalue weighted by molar-refractivity contribution is -0.151. The number of aliphatic carboxylic acids is 1. The van der Waals surface area contributed by atoms with E-state index in [0.717, 1.165) is 43.9 Å². The molecule has 2 aliphatic rings. The third kappa shape index (κ3) is 8.09. The van der Waals surface area contributed by atoms with Gasteiger partial charge < -0.3 is 15.2 Å². The van der Waals surface area contributed by atoms with Crippen molar-refractivity contribution in [2.45, 2.75) is 57.0 Å². The molecule has 2 aromatic rings. The molecular weight excluding hydrogens is 530 g/mol. The Morgan fingerprint density at radius 1 is 0.974 bits per heavy atom. The van der Waals surface area contributed by atoms with Crippen molar-refractivity contribution >= 4 is 40.0 Å². The number of ether oxygens (including phenoxy) is 1. The van der Waals surface area contributed by atoms with E-state index in [2.05, 4.69) is 14.9 Å². The zero-order valence-corrected chi connectivity index (χ0v) is 23.2. The molecule has 0 atom stereocenters. The Kier molecular flexibility index (Phi) is 10.0. The van der Waals surface area contributed by atoms with Crippen LogP contribution < -0.4 is 14.8 Å². The van der Waals surface area contributed by atoms with E-state index in [-0.39, 0.29) is 24.2 Å². The predicted molar refractivity (Wildman–Crippen MR) is 148 cm³/mol. The van der Waals surface area contributed by atoms with Crippen LogP contribution in [0.15, 0.2) is 48.5 Å². The highest BCUT2D eigenvalue weighted by Crippen LogP contribution is 2.29. The van der Waals surface area contributed by atoms with Gasteiger partial charge in [0.05, 0.1) is 6.26 Å². The number of carbonyl (C=O) groups excluding carboxylic acids is 1. The van der Waals surface area contributed by atoms with Crippen LogP contribution in [0.4, 0.5) is 5.69 Å². The molecule has 1 aliphatic carbocycles. The number of amides is 1. The van der Waals surface area contributed by atoms with Crippen molar-refractivity contribution in [3.63, 3.8) is 0 Å². The molecular formula is C27H36ClN3O6S. The first-order valence-corrected chi connectivity index (χ1v) is 14.6. The van der Waals surface area contributed by atoms with Crippen LogP contribution in [-0.2, 0) is 26.2 Å². The smallest absolute Gasteiger partial charge is 0.329 e. The number of benzene rings is 2. The summed E-state index contributed by atoms with van der Waals surface area (Å²) in [5.74, 6) is 0.126. The highest BCUT2D eigenvalue weighted by Gasteiger charge is 2.43. The molecule has 38 heavy (non-hydrogen) atoms. The van der Waals surface area contributed by atoms with E-state index in [1.807, 2.05) is 24.3 Å². The topological polar surface area (TPSA) is 125 Å². The first-order valence-electron chi connectivity index (χ1n) is 12.7. The number of hydrogen-bond acceptors (Lipinski definition) is 6. The van der Waals surface area contributed by atoms with E-state index >= 15 is 0 Å². The molecule has 3 N–H and O–H groups in total. The Morgan fingerprint density at radius 3 is 2.05 bits per heavy atom. The number of carboxylic acid groups (broad SMARTS) is 1. The van der Waals surface area contributed by atoms with Gasteiger partial charge in [0.1, 0.15) is 17.0 Å². The molecule has 1 amide bonds. The summed E-state index contributed by atoms with van der Waals surface area (Å²) in [4.78, 5) is 27.1. The van der Waals surface area contributed by atoms with Gasteiger partial charge in [-0.15, -0.1) is 12.4 Å². The monoisotopic (exact) mass is 565 g/mol. The molecule has 208 valence electrons. The SMILES string of the molecule is CS(=O)(=O)Nc1ccc(Oc2ccc(CN3CCC(NC(=O)C4CCCCC4)(C(=O)O)CC3)cc2)cc1.Cl. The van der Waals surface area contributed by atoms with Gasteiger partial charge in [-0.2, -0.15) is 0 Å². The average Bonchev–Trinajstić information content (AvgIpc) is 2.87. The van der Waals surface area contributed by atoms with Gasteiger partial charge in [-0.3, -0.25) is 14.4 Å². The molecule has 1 saturated heterocycles. The first kappa shape index (κ1) is 29.7. The van der Waals surface area contributed by atoms with Gasteiger partial charge >= 0.3 is 5.97 Å². The third-order valence-electron chi connectivity index (χ3n) is 7.18. The maximum Gasteiger partial charge on any atom is 0.329 e. The van der Waals surface area contributed by atoms with Crippen LogP contribution in [0.3, 0.4) is 0 Å². The number of piperidine rings is 1. The zero-order chi connectivity index (χ0) is 26.5. The number of anilines is 1. The van der Waals surface area contributed by atoms with Crippen molar-refractivity contribution in [2.24, 2.45) is 5.92 Å². The van der Waals surface area contributed by atoms with E-state index in [1.54, 1.807) is 24.3 Å². The largest absolute Gasteiger partial charge is 0.480 e. The lowest BCUT2D eigenvalue weighted by Crippen LogP contribution is -2.61. The molecule has 0 radical (unpaired) electrons. The molecule has 2 fully saturated rings. The Hall–Kier alpha value is -2.82. The van der Waals surface area contributed by atoms with Crippen LogP contribution in [0, 0.1) is 5.92 Å². The molecule has 0 unspecified atom stereocenters. The number of sulfonamides is 1. The van der Waals surface area contributed by atoms with Gasteiger partial charge in [-0.05, 0) is 67.6 Å². The molecule has 1 aliphatic heterocycles. The van der Waals surface area contributed by atoms with E-state index in [1.165, 1.54) is 0 Å². The normalized spacial score (nSPS) is 18.1. The minimum Gasteiger partial charge on any atom is -0.480 e. The third-order valence-corrected chi connectivity index (χ3v) is 7.79. The van der Waals surface area contributed by atoms with Crippen molar-refractivity contribution in [3.05, 3.63) is 54.1 Å². The Bertz CT molecular complexity index is 1190. The number of rotatable bonds is 9. The molecule has 9 nitrogen and oxygen atoms in total. The van der Waals surface area contributed by atoms with Crippen LogP contribution in [0.25, 0.3) is 0 Å². The molecule has 1 saturated carbocycles. The van der Waals surface area contributed by atoms with Gasteiger partial charge in [0, 0.05) is 31.2 Å². The maximum absolute atomic E-state index is 12.8. The highest BCUT2D eigenvalue weighted by atomic mass is 35.5. The lowest BCUT2D eigenvalue weighted by Gasteiger charge is -2.40. The van der Waals surface area contributed by atoms with Gasteiger partial charge in [0.25, 0.3) is 0 Å². The lowest BCUT2D eigenvalue weighted by atomic mass is 9.84. The average molecular weight is 566 g/mol. The zero-order valence-electron chi connectivity index (χ0n) is 21.5. The van der Waals surface area contributed by atoms with Crippen LogP contribution in [0.5, 0.6) is 11.5 Å². The fourth-order valence-electron chi connectivity index (χ4n) is 5.05. The van der Waals surface area contributed by atoms with E-state index in [9.17, 15) is 23.1 Å². The van der Waals surface area contributed by atoms with E-state index in [4.69, 9.17) is 4.74 Å². The minimum absolute atomic E-state index is 0. The minimum atomic E-state index is -3.33. The summed E-state index contributed by atoms with van der Waals surface area (Å²) >= 11 is 0. The Balaban J connectivity index is 0.00000400. The number of likely N-dealkylation sites (tertiary alicyclic amines) is 1. The molecule has 0 bridgehead atoms. The van der Waals surface area contributed by atoms with Crippen LogP contribution in [0.1, 0.15) is 50.5 Å². The standard InChI is InChI=1S/C27H35N3O6S.ClH/c1-37(34,35)29-22-9-13-24(14-10-22)36-23-11-7-20(8-12-23)19-30-17-15-27(16-18-30,26(32)33)28-25(31)21-5-3-2-4-6-21;/h7-14,21,29H,2-6,15-19H2,1H3,(H,28,31)(H,32,33);1H. The predicted octanol–water partition coefficient (Wildman–Crippen LogP) is 4.39. The van der Waals surface area contributed by atoms with Crippen molar-refractivity contribution < 1.29 is 27.9 Å². The fourth-order valence-corrected chi connectivity index (χ4v) is 5.61. The van der Waals surface area contributed by atoms with Crippen molar-refractivity contribution in [3.8, 4) is 11.5 Å². The van der Waals surface area contributed by atoms with Gasteiger partial charge in [0.2, 0.25) is 15.9 Å². The van der Waals surface area contributed by atoms with Crippen molar-refractivity contribution in [1.29, 1.82) is 0 Å². The number of nitrogens with one attached hydrogen (secondary N) is 2. The summed E-state index contributed by atoms with van der Waals surface area (Å²) < 4.78 is 30.9.